The summed E-state index contributed by atoms with van der Waals surface area (Å²) in [7, 11) is 0. The standard InChI is InChI=1S/C15H21F3N2/c1-2-3-11-6-7-20(10-11)14-5-4-12(9-19)8-13(14)15(16,17)18/h4-5,8,11H,2-3,6-7,9-10,19H2,1H3. The van der Waals surface area contributed by atoms with Gasteiger partial charge < -0.3 is 10.6 Å². The van der Waals surface area contributed by atoms with E-state index in [4.69, 9.17) is 5.73 Å². The molecule has 2 N–H and O–H groups in total. The lowest BCUT2D eigenvalue weighted by molar-refractivity contribution is -0.137. The summed E-state index contributed by atoms with van der Waals surface area (Å²) in [5.74, 6) is 0.510. The second-order valence-corrected chi connectivity index (χ2v) is 5.44. The SMILES string of the molecule is CCCC1CCN(c2ccc(CN)cc2C(F)(F)F)C1. The molecule has 1 aromatic carbocycles. The van der Waals surface area contributed by atoms with Gasteiger partial charge in [0.2, 0.25) is 0 Å². The first-order valence-corrected chi connectivity index (χ1v) is 7.10. The summed E-state index contributed by atoms with van der Waals surface area (Å²) in [5, 5.41) is 0. The zero-order chi connectivity index (χ0) is 14.8. The molecule has 1 aliphatic heterocycles. The first-order valence-electron chi connectivity index (χ1n) is 7.10. The largest absolute Gasteiger partial charge is 0.418 e. The molecule has 20 heavy (non-hydrogen) atoms. The van der Waals surface area contributed by atoms with Gasteiger partial charge in [-0.15, -0.1) is 0 Å². The van der Waals surface area contributed by atoms with E-state index in [2.05, 4.69) is 6.92 Å². The summed E-state index contributed by atoms with van der Waals surface area (Å²) in [6.45, 7) is 3.66. The topological polar surface area (TPSA) is 29.3 Å². The maximum absolute atomic E-state index is 13.2. The highest BCUT2D eigenvalue weighted by atomic mass is 19.4. The third kappa shape index (κ3) is 3.26. The van der Waals surface area contributed by atoms with Gasteiger partial charge in [0.25, 0.3) is 0 Å². The molecule has 0 radical (unpaired) electrons. The van der Waals surface area contributed by atoms with E-state index < -0.39 is 11.7 Å². The van der Waals surface area contributed by atoms with Crippen LogP contribution in [0.25, 0.3) is 0 Å². The fourth-order valence-corrected chi connectivity index (χ4v) is 2.91. The summed E-state index contributed by atoms with van der Waals surface area (Å²) < 4.78 is 39.6. The molecule has 5 heteroatoms. The fraction of sp³-hybridized carbons (Fsp3) is 0.600. The molecule has 1 aliphatic rings. The molecule has 2 nitrogen and oxygen atoms in total. The summed E-state index contributed by atoms with van der Waals surface area (Å²) in [5.41, 5.74) is 5.71. The molecule has 1 unspecified atom stereocenters. The predicted octanol–water partition coefficient (Wildman–Crippen LogP) is 3.79. The van der Waals surface area contributed by atoms with Gasteiger partial charge in [-0.3, -0.25) is 0 Å². The van der Waals surface area contributed by atoms with Crippen LogP contribution in [0.5, 0.6) is 0 Å². The lowest BCUT2D eigenvalue weighted by atomic mass is 10.0. The molecule has 0 amide bonds. The van der Waals surface area contributed by atoms with Gasteiger partial charge in [0.1, 0.15) is 0 Å². The number of nitrogens with zero attached hydrogens (tertiary/aromatic N) is 1. The van der Waals surface area contributed by atoms with Crippen molar-refractivity contribution in [3.8, 4) is 0 Å². The lowest BCUT2D eigenvalue weighted by Crippen LogP contribution is -2.23. The minimum absolute atomic E-state index is 0.127. The van der Waals surface area contributed by atoms with Crippen LogP contribution in [-0.4, -0.2) is 13.1 Å². The van der Waals surface area contributed by atoms with Gasteiger partial charge in [-0.1, -0.05) is 19.4 Å². The molecule has 1 fully saturated rings. The van der Waals surface area contributed by atoms with Crippen LogP contribution in [0.2, 0.25) is 0 Å². The molecular weight excluding hydrogens is 265 g/mol. The van der Waals surface area contributed by atoms with E-state index in [9.17, 15) is 13.2 Å². The average Bonchev–Trinajstić information content (AvgIpc) is 2.86. The van der Waals surface area contributed by atoms with E-state index in [1.54, 1.807) is 12.1 Å². The van der Waals surface area contributed by atoms with E-state index in [1.165, 1.54) is 6.07 Å². The Hall–Kier alpha value is -1.23. The van der Waals surface area contributed by atoms with Crippen molar-refractivity contribution in [3.05, 3.63) is 29.3 Å². The highest BCUT2D eigenvalue weighted by Crippen LogP contribution is 2.39. The fourth-order valence-electron chi connectivity index (χ4n) is 2.91. The number of halogens is 3. The molecule has 112 valence electrons. The quantitative estimate of drug-likeness (QED) is 0.912. The molecule has 0 aromatic heterocycles. The van der Waals surface area contributed by atoms with Crippen molar-refractivity contribution < 1.29 is 13.2 Å². The van der Waals surface area contributed by atoms with Crippen LogP contribution in [0.4, 0.5) is 18.9 Å². The van der Waals surface area contributed by atoms with Gasteiger partial charge in [0.15, 0.2) is 0 Å². The van der Waals surface area contributed by atoms with Crippen molar-refractivity contribution in [1.29, 1.82) is 0 Å². The van der Waals surface area contributed by atoms with E-state index in [0.717, 1.165) is 25.8 Å². The first-order chi connectivity index (χ1) is 9.45. The van der Waals surface area contributed by atoms with Crippen molar-refractivity contribution >= 4 is 5.69 Å². The lowest BCUT2D eigenvalue weighted by Gasteiger charge is -2.24. The number of rotatable bonds is 4. The summed E-state index contributed by atoms with van der Waals surface area (Å²) in [4.78, 5) is 1.86. The van der Waals surface area contributed by atoms with E-state index in [1.807, 2.05) is 4.90 Å². The van der Waals surface area contributed by atoms with Crippen LogP contribution >= 0.6 is 0 Å². The molecule has 2 rings (SSSR count). The molecule has 0 saturated carbocycles. The van der Waals surface area contributed by atoms with Crippen molar-refractivity contribution in [2.75, 3.05) is 18.0 Å². The van der Waals surface area contributed by atoms with Crippen molar-refractivity contribution in [2.24, 2.45) is 11.7 Å². The summed E-state index contributed by atoms with van der Waals surface area (Å²) in [6.07, 6.45) is -1.19. The Balaban J connectivity index is 2.27. The Morgan fingerprint density at radius 3 is 2.70 bits per heavy atom. The number of anilines is 1. The number of benzene rings is 1. The molecule has 1 atom stereocenters. The summed E-state index contributed by atoms with van der Waals surface area (Å²) in [6, 6.07) is 4.44. The van der Waals surface area contributed by atoms with Crippen LogP contribution < -0.4 is 10.6 Å². The molecule has 0 aliphatic carbocycles. The van der Waals surface area contributed by atoms with Crippen LogP contribution in [0.3, 0.4) is 0 Å². The average molecular weight is 286 g/mol. The minimum Gasteiger partial charge on any atom is -0.371 e. The summed E-state index contributed by atoms with van der Waals surface area (Å²) >= 11 is 0. The van der Waals surface area contributed by atoms with E-state index in [-0.39, 0.29) is 6.54 Å². The van der Waals surface area contributed by atoms with Gasteiger partial charge in [-0.05, 0) is 36.5 Å². The number of alkyl halides is 3. The van der Waals surface area contributed by atoms with E-state index >= 15 is 0 Å². The van der Waals surface area contributed by atoms with Gasteiger partial charge in [0, 0.05) is 25.3 Å². The van der Waals surface area contributed by atoms with Gasteiger partial charge in [-0.25, -0.2) is 0 Å². The Bertz CT molecular complexity index is 457. The second-order valence-electron chi connectivity index (χ2n) is 5.44. The third-order valence-corrected chi connectivity index (χ3v) is 3.93. The number of hydrogen-bond acceptors (Lipinski definition) is 2. The van der Waals surface area contributed by atoms with Crippen molar-refractivity contribution in [3.63, 3.8) is 0 Å². The predicted molar refractivity (Wildman–Crippen MR) is 74.6 cm³/mol. The van der Waals surface area contributed by atoms with Crippen LogP contribution in [0.1, 0.15) is 37.3 Å². The second kappa shape index (κ2) is 6.04. The van der Waals surface area contributed by atoms with E-state index in [0.29, 0.717) is 23.7 Å². The van der Waals surface area contributed by atoms with Crippen molar-refractivity contribution in [2.45, 2.75) is 38.9 Å². The Kier molecular flexibility index (Phi) is 4.58. The number of hydrogen-bond donors (Lipinski definition) is 1. The van der Waals surface area contributed by atoms with Crippen LogP contribution in [0.15, 0.2) is 18.2 Å². The maximum Gasteiger partial charge on any atom is 0.418 e. The molecule has 0 spiro atoms. The number of nitrogens with two attached hydrogens (primary N) is 1. The Morgan fingerprint density at radius 2 is 2.10 bits per heavy atom. The van der Waals surface area contributed by atoms with Gasteiger partial charge in [-0.2, -0.15) is 13.2 Å². The monoisotopic (exact) mass is 286 g/mol. The molecular formula is C15H21F3N2. The minimum atomic E-state index is -4.33. The first kappa shape index (κ1) is 15.2. The zero-order valence-corrected chi connectivity index (χ0v) is 11.7. The Morgan fingerprint density at radius 1 is 1.35 bits per heavy atom. The molecule has 1 saturated heterocycles. The molecule has 1 heterocycles. The molecule has 0 bridgehead atoms. The van der Waals surface area contributed by atoms with Crippen LogP contribution in [-0.2, 0) is 12.7 Å². The maximum atomic E-state index is 13.2. The zero-order valence-electron chi connectivity index (χ0n) is 11.7. The van der Waals surface area contributed by atoms with Gasteiger partial charge in [0.05, 0.1) is 5.56 Å². The normalized spacial score (nSPS) is 19.6. The molecule has 1 aromatic rings. The highest BCUT2D eigenvalue weighted by molar-refractivity contribution is 5.57. The van der Waals surface area contributed by atoms with Crippen molar-refractivity contribution in [1.82, 2.24) is 0 Å². The smallest absolute Gasteiger partial charge is 0.371 e. The highest BCUT2D eigenvalue weighted by Gasteiger charge is 2.36. The Labute approximate surface area is 117 Å². The van der Waals surface area contributed by atoms with Gasteiger partial charge >= 0.3 is 6.18 Å². The third-order valence-electron chi connectivity index (χ3n) is 3.93. The van der Waals surface area contributed by atoms with Crippen LogP contribution in [0, 0.1) is 5.92 Å².